The predicted molar refractivity (Wildman–Crippen MR) is 81.8 cm³/mol. The van der Waals surface area contributed by atoms with E-state index in [0.717, 1.165) is 19.0 Å². The van der Waals surface area contributed by atoms with Crippen molar-refractivity contribution in [1.29, 1.82) is 0 Å². The van der Waals surface area contributed by atoms with Crippen LogP contribution in [0, 0.1) is 5.41 Å². The van der Waals surface area contributed by atoms with E-state index in [1.807, 2.05) is 6.08 Å². The zero-order chi connectivity index (χ0) is 13.4. The van der Waals surface area contributed by atoms with Crippen molar-refractivity contribution in [3.05, 3.63) is 36.5 Å². The average Bonchev–Trinajstić information content (AvgIpc) is 2.38. The zero-order valence-electron chi connectivity index (χ0n) is 12.3. The van der Waals surface area contributed by atoms with Crippen LogP contribution >= 0.6 is 0 Å². The van der Waals surface area contributed by atoms with E-state index in [2.05, 4.69) is 50.9 Å². The molecule has 1 fully saturated rings. The topological polar surface area (TPSA) is 12.0 Å². The Kier molecular flexibility index (Phi) is 6.42. The lowest BCUT2D eigenvalue weighted by Crippen LogP contribution is -2.44. The molecular formula is C17H29N. The van der Waals surface area contributed by atoms with E-state index in [0.29, 0.717) is 5.41 Å². The van der Waals surface area contributed by atoms with Crippen molar-refractivity contribution in [2.24, 2.45) is 5.41 Å². The van der Waals surface area contributed by atoms with Crippen LogP contribution in [0.2, 0.25) is 0 Å². The molecule has 0 spiro atoms. The summed E-state index contributed by atoms with van der Waals surface area (Å²) in [6.45, 7) is 11.8. The van der Waals surface area contributed by atoms with Crippen LogP contribution in [-0.2, 0) is 0 Å². The van der Waals surface area contributed by atoms with Crippen molar-refractivity contribution in [3.63, 3.8) is 0 Å². The van der Waals surface area contributed by atoms with Crippen molar-refractivity contribution in [3.8, 4) is 0 Å². The lowest BCUT2D eigenvalue weighted by atomic mass is 9.75. The average molecular weight is 247 g/mol. The molecule has 1 N–H and O–H groups in total. The molecular weight excluding hydrogens is 218 g/mol. The molecule has 1 heteroatoms. The number of hydrogen-bond acceptors (Lipinski definition) is 1. The van der Waals surface area contributed by atoms with Crippen LogP contribution in [0.4, 0.5) is 0 Å². The van der Waals surface area contributed by atoms with Gasteiger partial charge in [0.05, 0.1) is 0 Å². The maximum Gasteiger partial charge on any atom is 0.00674 e. The quantitative estimate of drug-likeness (QED) is 0.675. The molecule has 1 rings (SSSR count). The molecule has 0 amide bonds. The van der Waals surface area contributed by atoms with Gasteiger partial charge in [0.25, 0.3) is 0 Å². The molecule has 0 bridgehead atoms. The molecule has 0 aliphatic carbocycles. The first-order chi connectivity index (χ1) is 8.63. The lowest BCUT2D eigenvalue weighted by molar-refractivity contribution is 0.194. The largest absolute Gasteiger partial charge is 0.313 e. The fourth-order valence-electron chi connectivity index (χ4n) is 2.76. The van der Waals surface area contributed by atoms with Gasteiger partial charge in [0.1, 0.15) is 0 Å². The number of rotatable bonds is 6. The minimum absolute atomic E-state index is 0.395. The zero-order valence-corrected chi connectivity index (χ0v) is 12.3. The molecule has 1 saturated heterocycles. The minimum atomic E-state index is 0.395. The van der Waals surface area contributed by atoms with E-state index < -0.39 is 0 Å². The molecule has 1 nitrogen and oxygen atoms in total. The van der Waals surface area contributed by atoms with Crippen molar-refractivity contribution < 1.29 is 0 Å². The van der Waals surface area contributed by atoms with Gasteiger partial charge in [-0.05, 0) is 43.6 Å². The highest BCUT2D eigenvalue weighted by atomic mass is 14.9. The molecule has 0 aromatic carbocycles. The van der Waals surface area contributed by atoms with E-state index >= 15 is 0 Å². The summed E-state index contributed by atoms with van der Waals surface area (Å²) in [6.07, 6.45) is 14.8. The van der Waals surface area contributed by atoms with Crippen molar-refractivity contribution >= 4 is 0 Å². The molecule has 102 valence electrons. The van der Waals surface area contributed by atoms with Gasteiger partial charge in [0, 0.05) is 12.6 Å². The van der Waals surface area contributed by atoms with Crippen molar-refractivity contribution in [1.82, 2.24) is 5.32 Å². The third-order valence-electron chi connectivity index (χ3n) is 3.95. The highest BCUT2D eigenvalue weighted by molar-refractivity contribution is 5.23. The SMILES string of the molecule is C=C/C(=C\C=C/C)CC1(C)CCC(CCC)NC1. The van der Waals surface area contributed by atoms with E-state index in [4.69, 9.17) is 0 Å². The molecule has 1 aliphatic heterocycles. The molecule has 0 radical (unpaired) electrons. The fraction of sp³-hybridized carbons (Fsp3) is 0.647. The predicted octanol–water partition coefficient (Wildman–Crippen LogP) is 4.62. The third kappa shape index (κ3) is 4.81. The second-order valence-corrected chi connectivity index (χ2v) is 5.86. The van der Waals surface area contributed by atoms with Gasteiger partial charge in [-0.25, -0.2) is 0 Å². The first-order valence-electron chi connectivity index (χ1n) is 7.31. The second kappa shape index (κ2) is 7.58. The Balaban J connectivity index is 2.53. The van der Waals surface area contributed by atoms with Gasteiger partial charge in [0.15, 0.2) is 0 Å². The fourth-order valence-corrected chi connectivity index (χ4v) is 2.76. The van der Waals surface area contributed by atoms with E-state index in [-0.39, 0.29) is 0 Å². The molecule has 2 atom stereocenters. The summed E-state index contributed by atoms with van der Waals surface area (Å²) < 4.78 is 0. The Labute approximate surface area is 113 Å². The van der Waals surface area contributed by atoms with Gasteiger partial charge in [-0.1, -0.05) is 51.2 Å². The maximum atomic E-state index is 3.93. The standard InChI is InChI=1S/C17H29N/c1-5-8-10-15(7-3)13-17(4)12-11-16(9-6-2)18-14-17/h5,7-8,10,16,18H,3,6,9,11-14H2,1-2,4H3/b8-5-,15-10+. The smallest absolute Gasteiger partial charge is 0.00674 e. The highest BCUT2D eigenvalue weighted by Crippen LogP contribution is 2.35. The first kappa shape index (κ1) is 15.2. The van der Waals surface area contributed by atoms with Crippen LogP contribution < -0.4 is 5.32 Å². The summed E-state index contributed by atoms with van der Waals surface area (Å²) in [5.74, 6) is 0. The summed E-state index contributed by atoms with van der Waals surface area (Å²) in [7, 11) is 0. The van der Waals surface area contributed by atoms with Gasteiger partial charge >= 0.3 is 0 Å². The van der Waals surface area contributed by atoms with Crippen LogP contribution in [-0.4, -0.2) is 12.6 Å². The van der Waals surface area contributed by atoms with Gasteiger partial charge in [-0.15, -0.1) is 0 Å². The monoisotopic (exact) mass is 247 g/mol. The Morgan fingerprint density at radius 2 is 2.28 bits per heavy atom. The summed E-state index contributed by atoms with van der Waals surface area (Å²) in [4.78, 5) is 0. The summed E-state index contributed by atoms with van der Waals surface area (Å²) >= 11 is 0. The van der Waals surface area contributed by atoms with Gasteiger partial charge in [0.2, 0.25) is 0 Å². The lowest BCUT2D eigenvalue weighted by Gasteiger charge is -2.38. The molecule has 1 aliphatic rings. The molecule has 1 heterocycles. The maximum absolute atomic E-state index is 3.93. The van der Waals surface area contributed by atoms with Gasteiger partial charge < -0.3 is 5.32 Å². The molecule has 0 saturated carbocycles. The van der Waals surface area contributed by atoms with E-state index in [1.165, 1.54) is 31.3 Å². The Hall–Kier alpha value is -0.820. The number of nitrogens with one attached hydrogen (secondary N) is 1. The number of piperidine rings is 1. The number of allylic oxidation sites excluding steroid dienone is 5. The highest BCUT2D eigenvalue weighted by Gasteiger charge is 2.30. The molecule has 18 heavy (non-hydrogen) atoms. The molecule has 0 aromatic rings. The van der Waals surface area contributed by atoms with Crippen molar-refractivity contribution in [2.45, 2.75) is 58.9 Å². The van der Waals surface area contributed by atoms with E-state index in [9.17, 15) is 0 Å². The van der Waals surface area contributed by atoms with Crippen molar-refractivity contribution in [2.75, 3.05) is 6.54 Å². The van der Waals surface area contributed by atoms with Crippen LogP contribution in [0.5, 0.6) is 0 Å². The van der Waals surface area contributed by atoms with Gasteiger partial charge in [-0.2, -0.15) is 0 Å². The normalized spacial score (nSPS) is 29.7. The summed E-state index contributed by atoms with van der Waals surface area (Å²) in [5, 5.41) is 3.72. The molecule has 2 unspecified atom stereocenters. The minimum Gasteiger partial charge on any atom is -0.313 e. The van der Waals surface area contributed by atoms with Crippen LogP contribution in [0.3, 0.4) is 0 Å². The van der Waals surface area contributed by atoms with Crippen LogP contribution in [0.15, 0.2) is 36.5 Å². The second-order valence-electron chi connectivity index (χ2n) is 5.86. The van der Waals surface area contributed by atoms with Crippen LogP contribution in [0.25, 0.3) is 0 Å². The summed E-state index contributed by atoms with van der Waals surface area (Å²) in [5.41, 5.74) is 1.75. The third-order valence-corrected chi connectivity index (χ3v) is 3.95. The first-order valence-corrected chi connectivity index (χ1v) is 7.31. The summed E-state index contributed by atoms with van der Waals surface area (Å²) in [6, 6.07) is 0.745. The Morgan fingerprint density at radius 1 is 1.50 bits per heavy atom. The molecule has 0 aromatic heterocycles. The van der Waals surface area contributed by atoms with Gasteiger partial charge in [-0.3, -0.25) is 0 Å². The Morgan fingerprint density at radius 3 is 2.78 bits per heavy atom. The number of hydrogen-bond donors (Lipinski definition) is 1. The van der Waals surface area contributed by atoms with Crippen LogP contribution in [0.1, 0.15) is 52.9 Å². The Bertz CT molecular complexity index is 304. The van der Waals surface area contributed by atoms with E-state index in [1.54, 1.807) is 0 Å².